The van der Waals surface area contributed by atoms with Gasteiger partial charge in [0, 0.05) is 38.9 Å². The normalized spacial score (nSPS) is 8.10. The van der Waals surface area contributed by atoms with Crippen molar-refractivity contribution in [2.24, 2.45) is 14.1 Å². The minimum absolute atomic E-state index is 0. The van der Waals surface area contributed by atoms with Crippen LogP contribution in [0.15, 0.2) is 24.8 Å². The van der Waals surface area contributed by atoms with Crippen LogP contribution in [0.5, 0.6) is 0 Å². The Labute approximate surface area is 139 Å². The van der Waals surface area contributed by atoms with Gasteiger partial charge in [0.15, 0.2) is 0 Å². The van der Waals surface area contributed by atoms with Crippen LogP contribution in [0.25, 0.3) is 0 Å². The number of unbranched alkanes of at least 4 members (excludes halogenated alkanes) is 1. The van der Waals surface area contributed by atoms with Gasteiger partial charge in [0.25, 0.3) is 0 Å². The summed E-state index contributed by atoms with van der Waals surface area (Å²) in [5, 5.41) is 7.76. The number of aryl methyl sites for hydroxylation is 2. The maximum absolute atomic E-state index is 7.76. The second kappa shape index (κ2) is 13.1. The molecule has 0 amide bonds. The predicted molar refractivity (Wildman–Crippen MR) is 75.1 cm³/mol. The molecule has 0 aliphatic rings. The van der Waals surface area contributed by atoms with Crippen LogP contribution < -0.4 is 0 Å². The Kier molecular flexibility index (Phi) is 13.4. The molecule has 0 spiro atoms. The molecule has 2 rings (SSSR count). The second-order valence-electron chi connectivity index (χ2n) is 3.83. The molecule has 0 unspecified atom stereocenters. The van der Waals surface area contributed by atoms with E-state index in [1.807, 2.05) is 48.6 Å². The quantitative estimate of drug-likeness (QED) is 0.598. The van der Waals surface area contributed by atoms with Crippen LogP contribution in [-0.4, -0.2) is 25.9 Å². The van der Waals surface area contributed by atoms with Gasteiger partial charge in [0.1, 0.15) is 11.6 Å². The Balaban J connectivity index is 0. The van der Waals surface area contributed by atoms with Crippen molar-refractivity contribution in [3.05, 3.63) is 42.9 Å². The maximum atomic E-state index is 7.76. The van der Waals surface area contributed by atoms with Gasteiger partial charge in [-0.05, 0) is 0 Å². The smallest absolute Gasteiger partial charge is 0.573 e. The topological polar surface area (TPSA) is 76.5 Å². The van der Waals surface area contributed by atoms with E-state index in [4.69, 9.17) is 10.1 Å². The van der Waals surface area contributed by atoms with Crippen LogP contribution in [0, 0.1) is 17.8 Å². The molecule has 0 aliphatic heterocycles. The Morgan fingerprint density at radius 1 is 1.19 bits per heavy atom. The third-order valence-electron chi connectivity index (χ3n) is 2.45. The monoisotopic (exact) mass is 378 g/mol. The molecule has 2 aromatic heterocycles. The first-order chi connectivity index (χ1) is 9.69. The van der Waals surface area contributed by atoms with Crippen molar-refractivity contribution >= 4 is 6.79 Å². The third kappa shape index (κ3) is 8.09. The molecule has 0 atom stereocenters. The summed E-state index contributed by atoms with van der Waals surface area (Å²) >= 11 is 0. The summed E-state index contributed by atoms with van der Waals surface area (Å²) in [6, 6.07) is 1.89. The molecule has 1 radical (unpaired) electrons. The minimum atomic E-state index is 0. The van der Waals surface area contributed by atoms with E-state index in [9.17, 15) is 0 Å². The Morgan fingerprint density at radius 2 is 1.62 bits per heavy atom. The van der Waals surface area contributed by atoms with Gasteiger partial charge in [-0.15, -0.1) is 6.07 Å². The van der Waals surface area contributed by atoms with Crippen LogP contribution in [0.2, 0.25) is 0 Å². The average molecular weight is 379 g/mol. The van der Waals surface area contributed by atoms with E-state index in [-0.39, 0.29) is 20.4 Å². The van der Waals surface area contributed by atoms with Crippen LogP contribution in [0.1, 0.15) is 25.0 Å². The number of carbonyl (C=O) groups excluding carboxylic acids is 1. The average Bonchev–Trinajstić information content (AvgIpc) is 3.05. The number of nitriles is 1. The first-order valence-corrected chi connectivity index (χ1v) is 6.03. The van der Waals surface area contributed by atoms with Gasteiger partial charge < -0.3 is 20.7 Å². The van der Waals surface area contributed by atoms with Crippen LogP contribution >= 0.6 is 0 Å². The molecular weight excluding hydrogens is 361 g/mol. The Hall–Kier alpha value is -1.89. The summed E-state index contributed by atoms with van der Waals surface area (Å²) in [5.41, 5.74) is 0. The minimum Gasteiger partial charge on any atom is -0.573 e. The molecule has 0 fully saturated rings. The van der Waals surface area contributed by atoms with Crippen molar-refractivity contribution in [2.75, 3.05) is 0 Å². The number of imidazole rings is 2. The van der Waals surface area contributed by atoms with E-state index >= 15 is 0 Å². The molecule has 7 heteroatoms. The van der Waals surface area contributed by atoms with Crippen molar-refractivity contribution in [1.29, 1.82) is 5.26 Å². The van der Waals surface area contributed by atoms with Gasteiger partial charge in [-0.1, -0.05) is 6.92 Å². The summed E-state index contributed by atoms with van der Waals surface area (Å²) in [7, 11) is 3.98. The molecule has 0 saturated heterocycles. The molecule has 0 aromatic carbocycles. The van der Waals surface area contributed by atoms with Crippen molar-refractivity contribution in [3.63, 3.8) is 0 Å². The van der Waals surface area contributed by atoms with E-state index in [2.05, 4.69) is 16.8 Å². The fourth-order valence-corrected chi connectivity index (χ4v) is 1.37. The number of hydrogen-bond acceptors (Lipinski definition) is 4. The third-order valence-corrected chi connectivity index (χ3v) is 2.45. The Bertz CT molecular complexity index is 491. The second-order valence-corrected chi connectivity index (χ2v) is 3.83. The number of aromatic nitrogens is 4. The molecule has 6 nitrogen and oxygen atoms in total. The van der Waals surface area contributed by atoms with E-state index in [0.717, 1.165) is 24.5 Å². The molecular formula is C14H18N5OPd. The summed E-state index contributed by atoms with van der Waals surface area (Å²) in [4.78, 5) is 16.0. The van der Waals surface area contributed by atoms with Gasteiger partial charge in [0.2, 0.25) is 0 Å². The van der Waals surface area contributed by atoms with Crippen molar-refractivity contribution < 1.29 is 25.2 Å². The van der Waals surface area contributed by atoms with E-state index < -0.39 is 0 Å². The first kappa shape index (κ1) is 21.4. The zero-order chi connectivity index (χ0) is 15.4. The molecule has 0 bridgehead atoms. The number of hydrogen-bond donors (Lipinski definition) is 0. The maximum Gasteiger partial charge on any atom is 2.00 e. The van der Waals surface area contributed by atoms with E-state index in [1.54, 1.807) is 18.8 Å². The largest absolute Gasteiger partial charge is 2.00 e. The zero-order valence-electron chi connectivity index (χ0n) is 12.3. The molecule has 0 aliphatic carbocycles. The van der Waals surface area contributed by atoms with E-state index in [0.29, 0.717) is 0 Å². The Morgan fingerprint density at radius 3 is 1.81 bits per heavy atom. The molecule has 2 aromatic rings. The van der Waals surface area contributed by atoms with Crippen molar-refractivity contribution in [1.82, 2.24) is 19.1 Å². The molecule has 0 saturated carbocycles. The van der Waals surface area contributed by atoms with E-state index in [1.165, 1.54) is 0 Å². The molecule has 2 heterocycles. The summed E-state index contributed by atoms with van der Waals surface area (Å²) < 4.78 is 4.02. The molecule has 0 N–H and O–H groups in total. The predicted octanol–water partition coefficient (Wildman–Crippen LogP) is 1.47. The fraction of sp³-hybridized carbons (Fsp3) is 0.357. The fourth-order valence-electron chi connectivity index (χ4n) is 1.37. The summed E-state index contributed by atoms with van der Waals surface area (Å²) in [6.45, 7) is 6.43. The first-order valence-electron chi connectivity index (χ1n) is 6.03. The van der Waals surface area contributed by atoms with Crippen molar-refractivity contribution in [3.8, 4) is 6.07 Å². The van der Waals surface area contributed by atoms with Gasteiger partial charge >= 0.3 is 20.4 Å². The van der Waals surface area contributed by atoms with Crippen LogP contribution in [-0.2, 0) is 45.7 Å². The zero-order valence-corrected chi connectivity index (χ0v) is 13.8. The van der Waals surface area contributed by atoms with Crippen LogP contribution in [0.4, 0.5) is 0 Å². The molecule has 21 heavy (non-hydrogen) atoms. The standard InChI is InChI=1S/C9H12N4.C4H6N.CO.Pd/c1-12-5-3-10-8(12)7-9-11-4-6-13(9)2;1-2-3-4-5;1-2;/h3-6H,7H2,1-2H3;3H,2H2,1H3;;/q;2*-1;+2. The number of nitrogens with zero attached hydrogens (tertiary/aromatic N) is 5. The summed E-state index contributed by atoms with van der Waals surface area (Å²) in [5.74, 6) is 2.07. The number of rotatable bonds is 3. The van der Waals surface area contributed by atoms with Gasteiger partial charge in [-0.3, -0.25) is 6.42 Å². The SMILES string of the molecule is CC[CH-]C#N.Cn1ccnc1Cc1nccn1C.[C-]=O.[Pd+2]. The van der Waals surface area contributed by atoms with Crippen LogP contribution in [0.3, 0.4) is 0 Å². The van der Waals surface area contributed by atoms with Gasteiger partial charge in [-0.25, -0.2) is 15.2 Å². The van der Waals surface area contributed by atoms with Gasteiger partial charge in [-0.2, -0.15) is 6.42 Å². The van der Waals surface area contributed by atoms with Gasteiger partial charge in [0.05, 0.1) is 6.42 Å². The molecule has 115 valence electrons. The summed E-state index contributed by atoms with van der Waals surface area (Å²) in [6.07, 6.45) is 10.7. The van der Waals surface area contributed by atoms with Crippen molar-refractivity contribution in [2.45, 2.75) is 19.8 Å².